The first-order valence-corrected chi connectivity index (χ1v) is 8.39. The average molecular weight is 311 g/mol. The Bertz CT molecular complexity index is 524. The fraction of sp³-hybridized carbons (Fsp3) is 0.533. The minimum absolute atomic E-state index is 0.283. The molecule has 1 aliphatic rings. The molecular formula is C15H22FN3OS. The summed E-state index contributed by atoms with van der Waals surface area (Å²) < 4.78 is 19.6. The normalized spacial score (nSPS) is 22.0. The lowest BCUT2D eigenvalue weighted by molar-refractivity contribution is 0.104. The number of aliphatic imine (C=N–C) groups is 1. The van der Waals surface area contributed by atoms with E-state index in [-0.39, 0.29) is 5.82 Å². The third-order valence-electron chi connectivity index (χ3n) is 3.42. The lowest BCUT2D eigenvalue weighted by atomic mass is 9.92. The molecule has 1 heterocycles. The van der Waals surface area contributed by atoms with Gasteiger partial charge in [-0.2, -0.15) is 11.8 Å². The first-order valence-electron chi connectivity index (χ1n) is 7.00. The Morgan fingerprint density at radius 1 is 1.52 bits per heavy atom. The monoisotopic (exact) mass is 311 g/mol. The van der Waals surface area contributed by atoms with Gasteiger partial charge in [0.05, 0.1) is 6.61 Å². The number of hydrogen-bond donors (Lipinski definition) is 2. The molecule has 21 heavy (non-hydrogen) atoms. The number of amidine groups is 1. The quantitative estimate of drug-likeness (QED) is 0.793. The highest BCUT2D eigenvalue weighted by Gasteiger charge is 2.32. The molecule has 0 aromatic heterocycles. The molecule has 2 rings (SSSR count). The molecule has 0 fully saturated rings. The van der Waals surface area contributed by atoms with E-state index >= 15 is 0 Å². The van der Waals surface area contributed by atoms with Crippen molar-refractivity contribution in [2.45, 2.75) is 18.9 Å². The van der Waals surface area contributed by atoms with Crippen LogP contribution in [0, 0.1) is 5.82 Å². The number of nitrogens with zero attached hydrogens (tertiary/aromatic N) is 1. The minimum atomic E-state index is -0.761. The summed E-state index contributed by atoms with van der Waals surface area (Å²) in [6, 6.07) is 5.02. The Labute approximate surface area is 129 Å². The lowest BCUT2D eigenvalue weighted by Crippen LogP contribution is -2.38. The van der Waals surface area contributed by atoms with Gasteiger partial charge in [0, 0.05) is 17.8 Å². The maximum Gasteiger partial charge on any atom is 0.129 e. The zero-order chi connectivity index (χ0) is 15.3. The van der Waals surface area contributed by atoms with E-state index in [1.165, 1.54) is 6.07 Å². The number of nitrogens with two attached hydrogens (primary N) is 1. The van der Waals surface area contributed by atoms with E-state index in [0.29, 0.717) is 24.6 Å². The van der Waals surface area contributed by atoms with E-state index in [9.17, 15) is 4.39 Å². The lowest BCUT2D eigenvalue weighted by Gasteiger charge is -2.30. The van der Waals surface area contributed by atoms with Crippen LogP contribution < -0.4 is 11.1 Å². The number of nitrogens with one attached hydrogen (secondary N) is 1. The molecule has 1 atom stereocenters. The molecule has 4 nitrogen and oxygen atoms in total. The van der Waals surface area contributed by atoms with Gasteiger partial charge in [-0.05, 0) is 43.6 Å². The Morgan fingerprint density at radius 3 is 3.05 bits per heavy atom. The van der Waals surface area contributed by atoms with Gasteiger partial charge in [-0.1, -0.05) is 0 Å². The summed E-state index contributed by atoms with van der Waals surface area (Å²) in [6.45, 7) is 3.35. The Hall–Kier alpha value is -1.27. The van der Waals surface area contributed by atoms with Crippen LogP contribution in [-0.4, -0.2) is 37.6 Å². The molecule has 3 N–H and O–H groups in total. The van der Waals surface area contributed by atoms with Gasteiger partial charge in [0.15, 0.2) is 0 Å². The first kappa shape index (κ1) is 16.1. The SMILES string of the molecule is CSCCCNc1ccc(F)c([C@]2(C)COCC(N)=N2)c1. The van der Waals surface area contributed by atoms with E-state index in [2.05, 4.69) is 16.6 Å². The van der Waals surface area contributed by atoms with Crippen LogP contribution in [0.1, 0.15) is 18.9 Å². The molecule has 0 saturated carbocycles. The van der Waals surface area contributed by atoms with Crippen LogP contribution in [-0.2, 0) is 10.3 Å². The molecule has 0 radical (unpaired) electrons. The van der Waals surface area contributed by atoms with E-state index in [4.69, 9.17) is 10.5 Å². The van der Waals surface area contributed by atoms with Crippen molar-refractivity contribution in [2.75, 3.05) is 37.1 Å². The highest BCUT2D eigenvalue weighted by atomic mass is 32.2. The average Bonchev–Trinajstić information content (AvgIpc) is 2.45. The topological polar surface area (TPSA) is 59.6 Å². The highest BCUT2D eigenvalue weighted by molar-refractivity contribution is 7.98. The summed E-state index contributed by atoms with van der Waals surface area (Å²) in [4.78, 5) is 4.39. The second-order valence-electron chi connectivity index (χ2n) is 5.34. The van der Waals surface area contributed by atoms with Crippen molar-refractivity contribution in [3.63, 3.8) is 0 Å². The van der Waals surface area contributed by atoms with Gasteiger partial charge >= 0.3 is 0 Å². The first-order chi connectivity index (χ1) is 10.0. The van der Waals surface area contributed by atoms with Crippen molar-refractivity contribution in [3.05, 3.63) is 29.6 Å². The molecular weight excluding hydrogens is 289 g/mol. The number of thioether (sulfide) groups is 1. The molecule has 1 aromatic carbocycles. The Balaban J connectivity index is 2.17. The van der Waals surface area contributed by atoms with Crippen LogP contribution in [0.3, 0.4) is 0 Å². The molecule has 116 valence electrons. The number of halogens is 1. The van der Waals surface area contributed by atoms with Crippen molar-refractivity contribution in [1.29, 1.82) is 0 Å². The van der Waals surface area contributed by atoms with E-state index in [1.807, 2.05) is 18.7 Å². The summed E-state index contributed by atoms with van der Waals surface area (Å²) in [6.07, 6.45) is 3.15. The smallest absolute Gasteiger partial charge is 0.129 e. The fourth-order valence-corrected chi connectivity index (χ4v) is 2.80. The summed E-state index contributed by atoms with van der Waals surface area (Å²) in [5.74, 6) is 1.23. The van der Waals surface area contributed by atoms with Crippen molar-refractivity contribution >= 4 is 23.3 Å². The van der Waals surface area contributed by atoms with Crippen molar-refractivity contribution in [1.82, 2.24) is 0 Å². The second-order valence-corrected chi connectivity index (χ2v) is 6.32. The van der Waals surface area contributed by atoms with Crippen molar-refractivity contribution < 1.29 is 9.13 Å². The number of anilines is 1. The Morgan fingerprint density at radius 2 is 2.33 bits per heavy atom. The number of ether oxygens (including phenoxy) is 1. The van der Waals surface area contributed by atoms with Crippen LogP contribution in [0.15, 0.2) is 23.2 Å². The Kier molecular flexibility index (Phi) is 5.47. The molecule has 0 aliphatic carbocycles. The van der Waals surface area contributed by atoms with Crippen LogP contribution in [0.5, 0.6) is 0 Å². The van der Waals surface area contributed by atoms with Gasteiger partial charge in [-0.25, -0.2) is 4.39 Å². The molecule has 0 bridgehead atoms. The molecule has 1 aromatic rings. The third-order valence-corrected chi connectivity index (χ3v) is 4.12. The maximum absolute atomic E-state index is 14.2. The standard InChI is InChI=1S/C15H22FN3OS/c1-15(10-20-9-14(17)19-15)12-8-11(4-5-13(12)16)18-6-3-7-21-2/h4-5,8,18H,3,6-7,9-10H2,1-2H3,(H2,17,19)/t15-/m0/s1. The van der Waals surface area contributed by atoms with Crippen LogP contribution in [0.25, 0.3) is 0 Å². The zero-order valence-corrected chi connectivity index (χ0v) is 13.3. The molecule has 0 saturated heterocycles. The summed E-state index contributed by atoms with van der Waals surface area (Å²) in [5, 5.41) is 3.31. The molecule has 0 spiro atoms. The third kappa shape index (κ3) is 4.11. The molecule has 1 aliphatic heterocycles. The van der Waals surface area contributed by atoms with Gasteiger partial charge in [0.1, 0.15) is 23.8 Å². The van der Waals surface area contributed by atoms with Gasteiger partial charge in [0.2, 0.25) is 0 Å². The molecule has 6 heteroatoms. The minimum Gasteiger partial charge on any atom is -0.386 e. The fourth-order valence-electron chi connectivity index (χ4n) is 2.37. The van der Waals surface area contributed by atoms with Gasteiger partial charge < -0.3 is 15.8 Å². The van der Waals surface area contributed by atoms with Crippen LogP contribution in [0.4, 0.5) is 10.1 Å². The van der Waals surface area contributed by atoms with Crippen LogP contribution >= 0.6 is 11.8 Å². The van der Waals surface area contributed by atoms with Gasteiger partial charge in [0.25, 0.3) is 0 Å². The van der Waals surface area contributed by atoms with Gasteiger partial charge in [-0.3, -0.25) is 4.99 Å². The predicted molar refractivity (Wildman–Crippen MR) is 87.7 cm³/mol. The van der Waals surface area contributed by atoms with E-state index in [0.717, 1.165) is 24.4 Å². The predicted octanol–water partition coefficient (Wildman–Crippen LogP) is 2.59. The largest absolute Gasteiger partial charge is 0.386 e. The highest BCUT2D eigenvalue weighted by Crippen LogP contribution is 2.32. The van der Waals surface area contributed by atoms with E-state index < -0.39 is 5.54 Å². The molecule has 0 amide bonds. The maximum atomic E-state index is 14.2. The number of benzene rings is 1. The van der Waals surface area contributed by atoms with E-state index in [1.54, 1.807) is 12.1 Å². The second kappa shape index (κ2) is 7.13. The van der Waals surface area contributed by atoms with Crippen LogP contribution in [0.2, 0.25) is 0 Å². The molecule has 0 unspecified atom stereocenters. The van der Waals surface area contributed by atoms with Gasteiger partial charge in [-0.15, -0.1) is 0 Å². The number of hydrogen-bond acceptors (Lipinski definition) is 5. The summed E-state index contributed by atoms with van der Waals surface area (Å²) in [7, 11) is 0. The number of rotatable bonds is 6. The van der Waals surface area contributed by atoms with Crippen molar-refractivity contribution in [2.24, 2.45) is 10.7 Å². The van der Waals surface area contributed by atoms with Crippen molar-refractivity contribution in [3.8, 4) is 0 Å². The summed E-state index contributed by atoms with van der Waals surface area (Å²) >= 11 is 1.82. The summed E-state index contributed by atoms with van der Waals surface area (Å²) in [5.41, 5.74) is 6.38. The zero-order valence-electron chi connectivity index (χ0n) is 12.5.